The van der Waals surface area contributed by atoms with Crippen LogP contribution in [0.25, 0.3) is 0 Å². The molecule has 98 valence electrons. The van der Waals surface area contributed by atoms with E-state index in [9.17, 15) is 4.79 Å². The van der Waals surface area contributed by atoms with Gasteiger partial charge in [0, 0.05) is 5.56 Å². The van der Waals surface area contributed by atoms with Crippen LogP contribution in [0, 0.1) is 6.92 Å². The largest absolute Gasteiger partial charge is 0.497 e. The quantitative estimate of drug-likeness (QED) is 0.762. The maximum Gasteiger partial charge on any atom is 0.150 e. The molecule has 0 aliphatic carbocycles. The Balaban J connectivity index is 2.12. The van der Waals surface area contributed by atoms with Gasteiger partial charge in [0.2, 0.25) is 0 Å². The van der Waals surface area contributed by atoms with Crippen molar-refractivity contribution in [3.05, 3.63) is 64.7 Å². The van der Waals surface area contributed by atoms with Crippen LogP contribution >= 0.6 is 0 Å². The van der Waals surface area contributed by atoms with Crippen molar-refractivity contribution in [2.75, 3.05) is 7.11 Å². The fourth-order valence-electron chi connectivity index (χ4n) is 2.22. The van der Waals surface area contributed by atoms with Gasteiger partial charge in [-0.3, -0.25) is 4.79 Å². The van der Waals surface area contributed by atoms with Gasteiger partial charge in [-0.25, -0.2) is 0 Å². The first-order chi connectivity index (χ1) is 9.24. The Morgan fingerprint density at radius 1 is 1.05 bits per heavy atom. The summed E-state index contributed by atoms with van der Waals surface area (Å²) in [6.45, 7) is 2.09. The third kappa shape index (κ3) is 3.22. The summed E-state index contributed by atoms with van der Waals surface area (Å²) in [5, 5.41) is 0. The molecule has 2 rings (SSSR count). The van der Waals surface area contributed by atoms with Crippen LogP contribution in [0.15, 0.2) is 42.5 Å². The van der Waals surface area contributed by atoms with E-state index in [1.54, 1.807) is 7.11 Å². The van der Waals surface area contributed by atoms with E-state index in [-0.39, 0.29) is 0 Å². The van der Waals surface area contributed by atoms with Crippen molar-refractivity contribution in [1.82, 2.24) is 0 Å². The lowest BCUT2D eigenvalue weighted by Gasteiger charge is -2.09. The van der Waals surface area contributed by atoms with Crippen LogP contribution in [0.1, 0.15) is 27.0 Å². The highest BCUT2D eigenvalue weighted by molar-refractivity contribution is 5.77. The fraction of sp³-hybridized carbons (Fsp3) is 0.235. The number of ether oxygens (including phenoxy) is 1. The van der Waals surface area contributed by atoms with Crippen LogP contribution in [-0.4, -0.2) is 13.4 Å². The van der Waals surface area contributed by atoms with Gasteiger partial charge in [0.25, 0.3) is 0 Å². The summed E-state index contributed by atoms with van der Waals surface area (Å²) in [6, 6.07) is 13.9. The summed E-state index contributed by atoms with van der Waals surface area (Å²) in [4.78, 5) is 11.0. The first-order valence-electron chi connectivity index (χ1n) is 6.41. The molecule has 0 amide bonds. The second-order valence-electron chi connectivity index (χ2n) is 4.61. The smallest absolute Gasteiger partial charge is 0.150 e. The number of hydrogen-bond donors (Lipinski definition) is 0. The molecule has 0 aromatic heterocycles. The van der Waals surface area contributed by atoms with Crippen molar-refractivity contribution in [3.8, 4) is 5.75 Å². The third-order valence-corrected chi connectivity index (χ3v) is 3.40. The number of carbonyl (C=O) groups excluding carboxylic acids is 1. The minimum absolute atomic E-state index is 0.786. The Morgan fingerprint density at radius 2 is 1.79 bits per heavy atom. The van der Waals surface area contributed by atoms with Crippen molar-refractivity contribution in [1.29, 1.82) is 0 Å². The molecule has 0 unspecified atom stereocenters. The average molecular weight is 254 g/mol. The van der Waals surface area contributed by atoms with Crippen molar-refractivity contribution in [2.24, 2.45) is 0 Å². The summed E-state index contributed by atoms with van der Waals surface area (Å²) in [5.41, 5.74) is 4.41. The average Bonchev–Trinajstić information content (AvgIpc) is 2.46. The lowest BCUT2D eigenvalue weighted by atomic mass is 9.98. The second-order valence-corrected chi connectivity index (χ2v) is 4.61. The highest BCUT2D eigenvalue weighted by Crippen LogP contribution is 2.19. The highest BCUT2D eigenvalue weighted by atomic mass is 16.5. The zero-order chi connectivity index (χ0) is 13.7. The van der Waals surface area contributed by atoms with E-state index >= 15 is 0 Å². The van der Waals surface area contributed by atoms with E-state index in [2.05, 4.69) is 13.0 Å². The summed E-state index contributed by atoms with van der Waals surface area (Å²) in [6.07, 6.45) is 2.74. The molecule has 2 aromatic rings. The zero-order valence-corrected chi connectivity index (χ0v) is 11.3. The summed E-state index contributed by atoms with van der Waals surface area (Å²) in [5.74, 6) is 0.884. The van der Waals surface area contributed by atoms with Gasteiger partial charge in [0.1, 0.15) is 12.0 Å². The van der Waals surface area contributed by atoms with Crippen LogP contribution in [0.5, 0.6) is 5.75 Å². The molecular formula is C17H18O2. The van der Waals surface area contributed by atoms with Gasteiger partial charge in [-0.2, -0.15) is 0 Å². The molecule has 0 radical (unpaired) electrons. The molecule has 0 aliphatic rings. The van der Waals surface area contributed by atoms with Crippen LogP contribution in [-0.2, 0) is 12.8 Å². The second kappa shape index (κ2) is 6.19. The van der Waals surface area contributed by atoms with Crippen molar-refractivity contribution in [3.63, 3.8) is 0 Å². The van der Waals surface area contributed by atoms with Gasteiger partial charge in [0.05, 0.1) is 7.11 Å². The van der Waals surface area contributed by atoms with Gasteiger partial charge in [-0.15, -0.1) is 0 Å². The first-order valence-corrected chi connectivity index (χ1v) is 6.41. The Hall–Kier alpha value is -2.09. The fourth-order valence-corrected chi connectivity index (χ4v) is 2.22. The van der Waals surface area contributed by atoms with Crippen LogP contribution in [0.3, 0.4) is 0 Å². The van der Waals surface area contributed by atoms with E-state index in [4.69, 9.17) is 4.74 Å². The molecule has 0 spiro atoms. The van der Waals surface area contributed by atoms with Crippen LogP contribution in [0.4, 0.5) is 0 Å². The van der Waals surface area contributed by atoms with Crippen molar-refractivity contribution in [2.45, 2.75) is 19.8 Å². The van der Waals surface area contributed by atoms with E-state index in [1.165, 1.54) is 11.1 Å². The molecule has 19 heavy (non-hydrogen) atoms. The lowest BCUT2D eigenvalue weighted by molar-refractivity contribution is 0.112. The molecule has 0 N–H and O–H groups in total. The normalized spacial score (nSPS) is 10.2. The number of benzene rings is 2. The summed E-state index contributed by atoms with van der Waals surface area (Å²) in [7, 11) is 1.68. The number of rotatable bonds is 5. The van der Waals surface area contributed by atoms with Crippen LogP contribution in [0.2, 0.25) is 0 Å². The Labute approximate surface area is 114 Å². The zero-order valence-electron chi connectivity index (χ0n) is 11.3. The van der Waals surface area contributed by atoms with Gasteiger partial charge >= 0.3 is 0 Å². The molecule has 2 heteroatoms. The predicted octanol–water partition coefficient (Wildman–Crippen LogP) is 3.60. The standard InChI is InChI=1S/C17H18O2/c1-13-11-17(19-2)10-9-14(13)7-8-15-5-3-4-6-16(15)12-18/h3-6,9-12H,7-8H2,1-2H3. The van der Waals surface area contributed by atoms with Gasteiger partial charge in [0.15, 0.2) is 0 Å². The van der Waals surface area contributed by atoms with Crippen molar-refractivity contribution >= 4 is 6.29 Å². The van der Waals surface area contributed by atoms with Gasteiger partial charge in [-0.1, -0.05) is 30.3 Å². The maximum atomic E-state index is 11.0. The molecule has 0 bridgehead atoms. The first kappa shape index (κ1) is 13.3. The molecule has 0 saturated carbocycles. The van der Waals surface area contributed by atoms with E-state index in [0.29, 0.717) is 0 Å². The minimum Gasteiger partial charge on any atom is -0.497 e. The van der Waals surface area contributed by atoms with Crippen LogP contribution < -0.4 is 4.74 Å². The monoisotopic (exact) mass is 254 g/mol. The molecule has 0 heterocycles. The van der Waals surface area contributed by atoms with E-state index < -0.39 is 0 Å². The Kier molecular flexibility index (Phi) is 4.35. The van der Waals surface area contributed by atoms with E-state index in [0.717, 1.165) is 36.0 Å². The Morgan fingerprint density at radius 3 is 2.47 bits per heavy atom. The van der Waals surface area contributed by atoms with Gasteiger partial charge in [-0.05, 0) is 48.6 Å². The number of methoxy groups -OCH3 is 1. The lowest BCUT2D eigenvalue weighted by Crippen LogP contribution is -1.98. The van der Waals surface area contributed by atoms with E-state index in [1.807, 2.05) is 36.4 Å². The number of carbonyl (C=O) groups is 1. The highest BCUT2D eigenvalue weighted by Gasteiger charge is 2.04. The molecule has 2 nitrogen and oxygen atoms in total. The molecule has 0 atom stereocenters. The topological polar surface area (TPSA) is 26.3 Å². The molecule has 2 aromatic carbocycles. The van der Waals surface area contributed by atoms with Gasteiger partial charge < -0.3 is 4.74 Å². The number of aryl methyl sites for hydroxylation is 3. The number of hydrogen-bond acceptors (Lipinski definition) is 2. The molecule has 0 saturated heterocycles. The number of aldehydes is 1. The minimum atomic E-state index is 0.786. The Bertz CT molecular complexity index is 573. The summed E-state index contributed by atoms with van der Waals surface area (Å²) < 4.78 is 5.20. The summed E-state index contributed by atoms with van der Waals surface area (Å²) >= 11 is 0. The third-order valence-electron chi connectivity index (χ3n) is 3.40. The molecule has 0 fully saturated rings. The maximum absolute atomic E-state index is 11.0. The predicted molar refractivity (Wildman–Crippen MR) is 77.0 cm³/mol. The molecule has 0 aliphatic heterocycles. The SMILES string of the molecule is COc1ccc(CCc2ccccc2C=O)c(C)c1. The van der Waals surface area contributed by atoms with Crippen molar-refractivity contribution < 1.29 is 9.53 Å². The molecular weight excluding hydrogens is 236 g/mol.